The van der Waals surface area contributed by atoms with Gasteiger partial charge in [-0.2, -0.15) is 11.8 Å². The average Bonchev–Trinajstić information content (AvgIpc) is 3.20. The molecule has 5 nitrogen and oxygen atoms in total. The highest BCUT2D eigenvalue weighted by Crippen LogP contribution is 2.23. The van der Waals surface area contributed by atoms with Crippen molar-refractivity contribution in [1.82, 2.24) is 9.47 Å². The van der Waals surface area contributed by atoms with Gasteiger partial charge in [0.1, 0.15) is 0 Å². The van der Waals surface area contributed by atoms with Gasteiger partial charge in [0.2, 0.25) is 0 Å². The number of rotatable bonds is 6. The zero-order valence-corrected chi connectivity index (χ0v) is 15.1. The second-order valence-electron chi connectivity index (χ2n) is 6.26. The van der Waals surface area contributed by atoms with E-state index in [2.05, 4.69) is 34.5 Å². The van der Waals surface area contributed by atoms with E-state index >= 15 is 0 Å². The van der Waals surface area contributed by atoms with Crippen LogP contribution in [-0.4, -0.2) is 54.3 Å². The Bertz CT molecular complexity index is 701. The summed E-state index contributed by atoms with van der Waals surface area (Å²) < 4.78 is 7.30. The number of likely N-dealkylation sites (tertiary alicyclic amines) is 1. The Labute approximate surface area is 147 Å². The Morgan fingerprint density at radius 2 is 2.29 bits per heavy atom. The van der Waals surface area contributed by atoms with E-state index in [0.29, 0.717) is 12.5 Å². The number of carbonyl (C=O) groups excluding carboxylic acids is 1. The molecule has 130 valence electrons. The monoisotopic (exact) mass is 347 g/mol. The zero-order valence-electron chi connectivity index (χ0n) is 14.3. The van der Waals surface area contributed by atoms with Gasteiger partial charge in [0.15, 0.2) is 0 Å². The van der Waals surface area contributed by atoms with Crippen molar-refractivity contribution in [3.63, 3.8) is 0 Å². The summed E-state index contributed by atoms with van der Waals surface area (Å²) in [4.78, 5) is 14.4. The molecule has 24 heavy (non-hydrogen) atoms. The summed E-state index contributed by atoms with van der Waals surface area (Å²) in [5.74, 6) is 1.76. The minimum atomic E-state index is 0.0109. The van der Waals surface area contributed by atoms with E-state index in [1.165, 1.54) is 0 Å². The second-order valence-corrected chi connectivity index (χ2v) is 7.17. The standard InChI is InChI=1S/C18H25N3O2S/c1-23-10-9-20-8-6-15-11-16(3-4-17(15)20)19-18(22)21-7-5-14(12-21)13-24-2/h3-4,6,8,11,14H,5,7,9-10,12-13H2,1-2H3,(H,19,22)/t14-/m1/s1. The fourth-order valence-electron chi connectivity index (χ4n) is 3.25. The van der Waals surface area contributed by atoms with Crippen LogP contribution >= 0.6 is 11.8 Å². The van der Waals surface area contributed by atoms with E-state index in [1.54, 1.807) is 7.11 Å². The summed E-state index contributed by atoms with van der Waals surface area (Å²) >= 11 is 1.86. The molecule has 6 heteroatoms. The molecule has 0 unspecified atom stereocenters. The zero-order chi connectivity index (χ0) is 16.9. The molecule has 2 heterocycles. The van der Waals surface area contributed by atoms with Gasteiger partial charge in [-0.25, -0.2) is 4.79 Å². The molecule has 1 atom stereocenters. The molecule has 0 bridgehead atoms. The van der Waals surface area contributed by atoms with Gasteiger partial charge >= 0.3 is 6.03 Å². The van der Waals surface area contributed by atoms with Crippen LogP contribution in [0.15, 0.2) is 30.5 Å². The van der Waals surface area contributed by atoms with Crippen LogP contribution in [0.5, 0.6) is 0 Å². The molecule has 0 saturated carbocycles. The van der Waals surface area contributed by atoms with Crippen LogP contribution in [-0.2, 0) is 11.3 Å². The summed E-state index contributed by atoms with van der Waals surface area (Å²) in [6.07, 6.45) is 5.29. The topological polar surface area (TPSA) is 46.5 Å². The lowest BCUT2D eigenvalue weighted by Gasteiger charge is -2.17. The van der Waals surface area contributed by atoms with Crippen molar-refractivity contribution in [1.29, 1.82) is 0 Å². The number of nitrogens with one attached hydrogen (secondary N) is 1. The van der Waals surface area contributed by atoms with Crippen molar-refractivity contribution in [3.05, 3.63) is 30.5 Å². The van der Waals surface area contributed by atoms with Crippen molar-refractivity contribution >= 4 is 34.4 Å². The summed E-state index contributed by atoms with van der Waals surface area (Å²) in [6.45, 7) is 3.24. The third-order valence-electron chi connectivity index (χ3n) is 4.53. The number of thioether (sulfide) groups is 1. The van der Waals surface area contributed by atoms with Gasteiger partial charge in [-0.1, -0.05) is 0 Å². The molecule has 0 aliphatic carbocycles. The third-order valence-corrected chi connectivity index (χ3v) is 5.34. The predicted octanol–water partition coefficient (Wildman–Crippen LogP) is 3.50. The minimum Gasteiger partial charge on any atom is -0.383 e. The summed E-state index contributed by atoms with van der Waals surface area (Å²) in [7, 11) is 1.71. The predicted molar refractivity (Wildman–Crippen MR) is 101 cm³/mol. The lowest BCUT2D eigenvalue weighted by molar-refractivity contribution is 0.188. The first-order valence-electron chi connectivity index (χ1n) is 8.34. The molecule has 1 aromatic heterocycles. The van der Waals surface area contributed by atoms with E-state index in [-0.39, 0.29) is 6.03 Å². The van der Waals surface area contributed by atoms with Crippen LogP contribution in [0.1, 0.15) is 6.42 Å². The molecular formula is C18H25N3O2S. The number of urea groups is 1. The highest BCUT2D eigenvalue weighted by atomic mass is 32.2. The fourth-order valence-corrected chi connectivity index (χ4v) is 4.00. The number of hydrogen-bond acceptors (Lipinski definition) is 3. The van der Waals surface area contributed by atoms with E-state index in [1.807, 2.05) is 28.8 Å². The van der Waals surface area contributed by atoms with Crippen molar-refractivity contribution in [2.45, 2.75) is 13.0 Å². The van der Waals surface area contributed by atoms with Crippen LogP contribution in [0, 0.1) is 5.92 Å². The quantitative estimate of drug-likeness (QED) is 0.870. The summed E-state index contributed by atoms with van der Waals surface area (Å²) in [5.41, 5.74) is 2.01. The van der Waals surface area contributed by atoms with Gasteiger partial charge in [0, 0.05) is 49.5 Å². The first-order chi connectivity index (χ1) is 11.7. The molecule has 0 spiro atoms. The van der Waals surface area contributed by atoms with Crippen molar-refractivity contribution in [2.75, 3.05) is 44.1 Å². The maximum absolute atomic E-state index is 12.4. The number of aromatic nitrogens is 1. The van der Waals surface area contributed by atoms with Gasteiger partial charge < -0.3 is 19.5 Å². The SMILES string of the molecule is COCCn1ccc2cc(NC(=O)N3CC[C@@H](CSC)C3)ccc21. The fraction of sp³-hybridized carbons (Fsp3) is 0.500. The van der Waals surface area contributed by atoms with Gasteiger partial charge in [0.25, 0.3) is 0 Å². The van der Waals surface area contributed by atoms with Crippen LogP contribution < -0.4 is 5.32 Å². The number of nitrogens with zero attached hydrogens (tertiary/aromatic N) is 2. The van der Waals surface area contributed by atoms with Gasteiger partial charge in [-0.05, 0) is 48.6 Å². The van der Waals surface area contributed by atoms with E-state index < -0.39 is 0 Å². The first-order valence-corrected chi connectivity index (χ1v) is 9.73. The minimum absolute atomic E-state index is 0.0109. The van der Waals surface area contributed by atoms with Crippen LogP contribution in [0.3, 0.4) is 0 Å². The Balaban J connectivity index is 1.64. The molecule has 0 radical (unpaired) electrons. The van der Waals surface area contributed by atoms with Gasteiger partial charge in [0.05, 0.1) is 6.61 Å². The largest absolute Gasteiger partial charge is 0.383 e. The normalized spacial score (nSPS) is 17.6. The number of ether oxygens (including phenoxy) is 1. The smallest absolute Gasteiger partial charge is 0.321 e. The Kier molecular flexibility index (Phi) is 5.68. The van der Waals surface area contributed by atoms with E-state index in [9.17, 15) is 4.79 Å². The molecule has 1 N–H and O–H groups in total. The molecule has 2 amide bonds. The molecule has 1 saturated heterocycles. The number of carbonyl (C=O) groups is 1. The van der Waals surface area contributed by atoms with E-state index in [0.717, 1.165) is 48.4 Å². The Morgan fingerprint density at radius 3 is 3.08 bits per heavy atom. The van der Waals surface area contributed by atoms with Crippen molar-refractivity contribution < 1.29 is 9.53 Å². The van der Waals surface area contributed by atoms with Crippen LogP contribution in [0.2, 0.25) is 0 Å². The molecule has 2 aromatic rings. The van der Waals surface area contributed by atoms with Gasteiger partial charge in [-0.3, -0.25) is 0 Å². The molecule has 1 aliphatic heterocycles. The van der Waals surface area contributed by atoms with Crippen LogP contribution in [0.4, 0.5) is 10.5 Å². The maximum atomic E-state index is 12.4. The number of methoxy groups -OCH3 is 1. The maximum Gasteiger partial charge on any atom is 0.321 e. The molecular weight excluding hydrogens is 322 g/mol. The molecule has 1 fully saturated rings. The number of hydrogen-bond donors (Lipinski definition) is 1. The Hall–Kier alpha value is -1.66. The van der Waals surface area contributed by atoms with Gasteiger partial charge in [-0.15, -0.1) is 0 Å². The lowest BCUT2D eigenvalue weighted by atomic mass is 10.2. The number of anilines is 1. The molecule has 1 aromatic carbocycles. The molecule has 1 aliphatic rings. The number of fused-ring (bicyclic) bond motifs is 1. The highest BCUT2D eigenvalue weighted by Gasteiger charge is 2.25. The highest BCUT2D eigenvalue weighted by molar-refractivity contribution is 7.98. The third kappa shape index (κ3) is 3.87. The summed E-state index contributed by atoms with van der Waals surface area (Å²) in [5, 5.41) is 4.17. The number of benzene rings is 1. The second kappa shape index (κ2) is 7.94. The van der Waals surface area contributed by atoms with Crippen molar-refractivity contribution in [2.24, 2.45) is 5.92 Å². The average molecular weight is 347 g/mol. The molecule has 3 rings (SSSR count). The van der Waals surface area contributed by atoms with Crippen molar-refractivity contribution in [3.8, 4) is 0 Å². The van der Waals surface area contributed by atoms with Crippen LogP contribution in [0.25, 0.3) is 10.9 Å². The first kappa shape index (κ1) is 17.2. The summed E-state index contributed by atoms with van der Waals surface area (Å²) in [6, 6.07) is 8.15. The van der Waals surface area contributed by atoms with E-state index in [4.69, 9.17) is 4.74 Å². The Morgan fingerprint density at radius 1 is 1.42 bits per heavy atom. The lowest BCUT2D eigenvalue weighted by Crippen LogP contribution is -2.33. The number of amides is 2.